The number of H-pyrrole nitrogens is 1. The summed E-state index contributed by atoms with van der Waals surface area (Å²) in [5, 5.41) is 9.74. The molecule has 1 amide bonds. The molecule has 0 aliphatic rings. The minimum atomic E-state index is -0.200. The summed E-state index contributed by atoms with van der Waals surface area (Å²) in [6.07, 6.45) is 4.42. The molecule has 1 aromatic carbocycles. The molecule has 0 fully saturated rings. The summed E-state index contributed by atoms with van der Waals surface area (Å²) in [6, 6.07) is 11.8. The van der Waals surface area contributed by atoms with E-state index in [0.717, 1.165) is 23.4 Å². The Balaban J connectivity index is 1.68. The van der Waals surface area contributed by atoms with Crippen LogP contribution in [0, 0.1) is 13.8 Å². The first kappa shape index (κ1) is 15.0. The lowest BCUT2D eigenvalue weighted by Crippen LogP contribution is -2.13. The van der Waals surface area contributed by atoms with Crippen LogP contribution in [0.3, 0.4) is 0 Å². The molecule has 5 nitrogen and oxygen atoms in total. The van der Waals surface area contributed by atoms with Gasteiger partial charge in [-0.25, -0.2) is 0 Å². The monoisotopic (exact) mass is 306 g/mol. The molecule has 0 bridgehead atoms. The molecule has 0 saturated heterocycles. The predicted octanol–water partition coefficient (Wildman–Crippen LogP) is 3.26. The molecule has 0 unspecified atom stereocenters. The first-order chi connectivity index (χ1) is 11.1. The first-order valence-electron chi connectivity index (χ1n) is 7.44. The molecule has 0 spiro atoms. The van der Waals surface area contributed by atoms with Crippen molar-refractivity contribution in [1.82, 2.24) is 15.2 Å². The van der Waals surface area contributed by atoms with Crippen LogP contribution < -0.4 is 5.32 Å². The molecular weight excluding hydrogens is 288 g/mol. The molecule has 0 radical (unpaired) electrons. The predicted molar refractivity (Wildman–Crippen MR) is 89.5 cm³/mol. The van der Waals surface area contributed by atoms with Crippen molar-refractivity contribution in [2.45, 2.75) is 20.3 Å². The van der Waals surface area contributed by atoms with Gasteiger partial charge in [-0.3, -0.25) is 14.9 Å². The number of carbonyl (C=O) groups is 1. The van der Waals surface area contributed by atoms with Crippen molar-refractivity contribution in [3.8, 4) is 0 Å². The van der Waals surface area contributed by atoms with Gasteiger partial charge in [0.15, 0.2) is 5.69 Å². The van der Waals surface area contributed by atoms with Crippen LogP contribution in [0.4, 0.5) is 5.69 Å². The molecule has 3 rings (SSSR count). The lowest BCUT2D eigenvalue weighted by Gasteiger charge is -2.06. The summed E-state index contributed by atoms with van der Waals surface area (Å²) in [5.41, 5.74) is 5.36. The highest BCUT2D eigenvalue weighted by Crippen LogP contribution is 2.15. The van der Waals surface area contributed by atoms with Crippen molar-refractivity contribution in [3.05, 3.63) is 76.9 Å². The van der Waals surface area contributed by atoms with Crippen molar-refractivity contribution >= 4 is 11.6 Å². The Hall–Kier alpha value is -2.95. The number of hydrogen-bond acceptors (Lipinski definition) is 3. The standard InChI is InChI=1S/C18H18N4O/c1-12-13(2)21-22-17(12)18(23)20-16-5-3-14(4-6-16)11-15-7-9-19-10-8-15/h3-10H,11H2,1-2H3,(H,20,23)(H,21,22). The number of hydrogen-bond donors (Lipinski definition) is 2. The van der Waals surface area contributed by atoms with Crippen LogP contribution >= 0.6 is 0 Å². The third-order valence-corrected chi connectivity index (χ3v) is 3.84. The average molecular weight is 306 g/mol. The summed E-state index contributed by atoms with van der Waals surface area (Å²) in [7, 11) is 0. The first-order valence-corrected chi connectivity index (χ1v) is 7.44. The number of benzene rings is 1. The molecule has 2 N–H and O–H groups in total. The molecule has 3 aromatic rings. The third-order valence-electron chi connectivity index (χ3n) is 3.84. The van der Waals surface area contributed by atoms with Crippen molar-refractivity contribution in [2.24, 2.45) is 0 Å². The molecule has 2 aromatic heterocycles. The summed E-state index contributed by atoms with van der Waals surface area (Å²) in [5.74, 6) is -0.200. The number of aromatic amines is 1. The Morgan fingerprint density at radius 1 is 1.04 bits per heavy atom. The molecule has 0 aliphatic carbocycles. The number of pyridine rings is 1. The number of anilines is 1. The largest absolute Gasteiger partial charge is 0.321 e. The number of aromatic nitrogens is 3. The Morgan fingerprint density at radius 2 is 1.70 bits per heavy atom. The van der Waals surface area contributed by atoms with Gasteiger partial charge in [0.1, 0.15) is 0 Å². The Morgan fingerprint density at radius 3 is 2.30 bits per heavy atom. The summed E-state index contributed by atoms with van der Waals surface area (Å²) >= 11 is 0. The average Bonchev–Trinajstić information content (AvgIpc) is 2.90. The van der Waals surface area contributed by atoms with Crippen LogP contribution in [0.5, 0.6) is 0 Å². The normalized spacial score (nSPS) is 10.5. The van der Waals surface area contributed by atoms with E-state index in [9.17, 15) is 4.79 Å². The number of amides is 1. The molecule has 116 valence electrons. The van der Waals surface area contributed by atoms with Gasteiger partial charge >= 0.3 is 0 Å². The van der Waals surface area contributed by atoms with E-state index in [1.54, 1.807) is 12.4 Å². The maximum Gasteiger partial charge on any atom is 0.276 e. The van der Waals surface area contributed by atoms with E-state index in [-0.39, 0.29) is 5.91 Å². The lowest BCUT2D eigenvalue weighted by atomic mass is 10.1. The highest BCUT2D eigenvalue weighted by Gasteiger charge is 2.14. The molecule has 0 saturated carbocycles. The number of nitrogens with one attached hydrogen (secondary N) is 2. The zero-order valence-electron chi connectivity index (χ0n) is 13.1. The maximum atomic E-state index is 12.2. The molecule has 0 aliphatic heterocycles. The molecule has 2 heterocycles. The quantitative estimate of drug-likeness (QED) is 0.777. The smallest absolute Gasteiger partial charge is 0.276 e. The van der Waals surface area contributed by atoms with Gasteiger partial charge < -0.3 is 5.32 Å². The van der Waals surface area contributed by atoms with Crippen molar-refractivity contribution in [2.75, 3.05) is 5.32 Å². The van der Waals surface area contributed by atoms with Gasteiger partial charge in [-0.1, -0.05) is 12.1 Å². The van der Waals surface area contributed by atoms with Gasteiger partial charge in [0.25, 0.3) is 5.91 Å². The molecular formula is C18H18N4O. The Bertz CT molecular complexity index is 807. The van der Waals surface area contributed by atoms with Crippen LogP contribution in [-0.2, 0) is 6.42 Å². The second kappa shape index (κ2) is 6.44. The zero-order chi connectivity index (χ0) is 16.2. The Labute approximate surface area is 134 Å². The number of rotatable bonds is 4. The van der Waals surface area contributed by atoms with Crippen molar-refractivity contribution < 1.29 is 4.79 Å². The van der Waals surface area contributed by atoms with Crippen molar-refractivity contribution in [3.63, 3.8) is 0 Å². The molecule has 5 heteroatoms. The summed E-state index contributed by atoms with van der Waals surface area (Å²) in [4.78, 5) is 16.2. The van der Waals surface area contributed by atoms with E-state index in [2.05, 4.69) is 20.5 Å². The van der Waals surface area contributed by atoms with Gasteiger partial charge in [-0.15, -0.1) is 0 Å². The fourth-order valence-electron chi connectivity index (χ4n) is 2.34. The van der Waals surface area contributed by atoms with Crippen LogP contribution in [0.25, 0.3) is 0 Å². The second-order valence-corrected chi connectivity index (χ2v) is 5.51. The van der Waals surface area contributed by atoms with E-state index in [1.165, 1.54) is 11.1 Å². The lowest BCUT2D eigenvalue weighted by molar-refractivity contribution is 0.102. The van der Waals surface area contributed by atoms with E-state index in [4.69, 9.17) is 0 Å². The fourth-order valence-corrected chi connectivity index (χ4v) is 2.34. The number of aryl methyl sites for hydroxylation is 1. The summed E-state index contributed by atoms with van der Waals surface area (Å²) < 4.78 is 0. The van der Waals surface area contributed by atoms with Crippen LogP contribution in [-0.4, -0.2) is 21.1 Å². The van der Waals surface area contributed by atoms with Crippen LogP contribution in [0.15, 0.2) is 48.8 Å². The van der Waals surface area contributed by atoms with Crippen molar-refractivity contribution in [1.29, 1.82) is 0 Å². The van der Waals surface area contributed by atoms with Gasteiger partial charge in [-0.05, 0) is 55.7 Å². The van der Waals surface area contributed by atoms with Gasteiger partial charge in [-0.2, -0.15) is 5.10 Å². The minimum Gasteiger partial charge on any atom is -0.321 e. The summed E-state index contributed by atoms with van der Waals surface area (Å²) in [6.45, 7) is 3.78. The number of carbonyl (C=O) groups excluding carboxylic acids is 1. The van der Waals surface area contributed by atoms with E-state index < -0.39 is 0 Å². The minimum absolute atomic E-state index is 0.200. The Kier molecular flexibility index (Phi) is 4.19. The van der Waals surface area contributed by atoms with Crippen LogP contribution in [0.2, 0.25) is 0 Å². The van der Waals surface area contributed by atoms with Crippen LogP contribution in [0.1, 0.15) is 32.9 Å². The van der Waals surface area contributed by atoms with E-state index in [1.807, 2.05) is 50.2 Å². The zero-order valence-corrected chi connectivity index (χ0v) is 13.1. The van der Waals surface area contributed by atoms with Gasteiger partial charge in [0.2, 0.25) is 0 Å². The maximum absolute atomic E-state index is 12.2. The molecule has 0 atom stereocenters. The van der Waals surface area contributed by atoms with Gasteiger partial charge in [0.05, 0.1) is 0 Å². The fraction of sp³-hybridized carbons (Fsp3) is 0.167. The topological polar surface area (TPSA) is 70.7 Å². The highest BCUT2D eigenvalue weighted by molar-refractivity contribution is 6.03. The van der Waals surface area contributed by atoms with E-state index >= 15 is 0 Å². The second-order valence-electron chi connectivity index (χ2n) is 5.51. The van der Waals surface area contributed by atoms with E-state index in [0.29, 0.717) is 5.69 Å². The SMILES string of the molecule is Cc1[nH]nc(C(=O)Nc2ccc(Cc3ccncc3)cc2)c1C. The molecule has 23 heavy (non-hydrogen) atoms. The highest BCUT2D eigenvalue weighted by atomic mass is 16.1. The van der Waals surface area contributed by atoms with Gasteiger partial charge in [0, 0.05) is 29.3 Å². The third kappa shape index (κ3) is 3.45. The number of nitrogens with zero attached hydrogens (tertiary/aromatic N) is 2.